The van der Waals surface area contributed by atoms with Gasteiger partial charge in [0.2, 0.25) is 0 Å². The summed E-state index contributed by atoms with van der Waals surface area (Å²) in [4.78, 5) is 0. The van der Waals surface area contributed by atoms with E-state index >= 15 is 0 Å². The van der Waals surface area contributed by atoms with Crippen molar-refractivity contribution >= 4 is 0 Å². The van der Waals surface area contributed by atoms with E-state index in [4.69, 9.17) is 4.74 Å². The first-order chi connectivity index (χ1) is 11.2. The van der Waals surface area contributed by atoms with Crippen molar-refractivity contribution in [3.05, 3.63) is 71.8 Å². The number of nitrogens with zero attached hydrogens (tertiary/aromatic N) is 1. The topological polar surface area (TPSA) is 24.5 Å². The summed E-state index contributed by atoms with van der Waals surface area (Å²) in [6.07, 6.45) is 1.15. The fraction of sp³-hybridized carbons (Fsp3) is 0.400. The molecule has 0 radical (unpaired) electrons. The summed E-state index contributed by atoms with van der Waals surface area (Å²) < 4.78 is 6.02. The van der Waals surface area contributed by atoms with Gasteiger partial charge in [0.15, 0.2) is 0 Å². The second kappa shape index (κ2) is 7.73. The Labute approximate surface area is 139 Å². The van der Waals surface area contributed by atoms with E-state index in [0.29, 0.717) is 12.1 Å². The van der Waals surface area contributed by atoms with Gasteiger partial charge < -0.3 is 4.74 Å². The normalized spacial score (nSPS) is 23.6. The van der Waals surface area contributed by atoms with Crippen LogP contribution in [0.4, 0.5) is 0 Å². The Morgan fingerprint density at radius 2 is 1.74 bits per heavy atom. The first-order valence-electron chi connectivity index (χ1n) is 8.47. The molecule has 3 rings (SSSR count). The minimum atomic E-state index is 0.126. The largest absolute Gasteiger partial charge is 0.370 e. The molecule has 1 fully saturated rings. The van der Waals surface area contributed by atoms with Crippen LogP contribution in [0.2, 0.25) is 0 Å². The third-order valence-electron chi connectivity index (χ3n) is 4.46. The average Bonchev–Trinajstić information content (AvgIpc) is 2.58. The Morgan fingerprint density at radius 3 is 2.43 bits per heavy atom. The molecule has 0 saturated carbocycles. The molecular weight excluding hydrogens is 284 g/mol. The van der Waals surface area contributed by atoms with E-state index in [2.05, 4.69) is 84.9 Å². The molecule has 3 unspecified atom stereocenters. The standard InChI is InChI=1S/C20H26N2O/c1-16(15-18-9-5-3-6-10-18)21-22-13-14-23-20(17(22)2)19-11-7-4-8-12-19/h3-12,16-17,20-21H,13-15H2,1-2H3. The predicted octanol–water partition coefficient (Wildman–Crippen LogP) is 3.58. The molecule has 0 aromatic heterocycles. The van der Waals surface area contributed by atoms with Crippen LogP contribution in [0.3, 0.4) is 0 Å². The zero-order valence-electron chi connectivity index (χ0n) is 14.0. The summed E-state index contributed by atoms with van der Waals surface area (Å²) in [6.45, 7) is 6.16. The molecule has 23 heavy (non-hydrogen) atoms. The Morgan fingerprint density at radius 1 is 1.09 bits per heavy atom. The Hall–Kier alpha value is -1.68. The minimum absolute atomic E-state index is 0.126. The van der Waals surface area contributed by atoms with E-state index in [1.54, 1.807) is 0 Å². The molecule has 0 bridgehead atoms. The lowest BCUT2D eigenvalue weighted by Crippen LogP contribution is -2.55. The van der Waals surface area contributed by atoms with Crippen molar-refractivity contribution in [1.82, 2.24) is 10.4 Å². The van der Waals surface area contributed by atoms with Crippen LogP contribution in [0.1, 0.15) is 31.1 Å². The zero-order valence-corrected chi connectivity index (χ0v) is 14.0. The molecule has 3 nitrogen and oxygen atoms in total. The maximum atomic E-state index is 6.02. The monoisotopic (exact) mass is 310 g/mol. The van der Waals surface area contributed by atoms with E-state index in [-0.39, 0.29) is 6.10 Å². The molecule has 1 heterocycles. The van der Waals surface area contributed by atoms with Crippen LogP contribution in [0.25, 0.3) is 0 Å². The summed E-state index contributed by atoms with van der Waals surface area (Å²) in [5, 5.41) is 2.34. The van der Waals surface area contributed by atoms with E-state index in [1.807, 2.05) is 0 Å². The molecule has 3 atom stereocenters. The van der Waals surface area contributed by atoms with Gasteiger partial charge in [-0.25, -0.2) is 5.01 Å². The maximum absolute atomic E-state index is 6.02. The highest BCUT2D eigenvalue weighted by molar-refractivity contribution is 5.19. The highest BCUT2D eigenvalue weighted by Gasteiger charge is 2.30. The number of benzene rings is 2. The van der Waals surface area contributed by atoms with Crippen molar-refractivity contribution in [1.29, 1.82) is 0 Å². The second-order valence-corrected chi connectivity index (χ2v) is 6.36. The predicted molar refractivity (Wildman–Crippen MR) is 94.0 cm³/mol. The molecule has 1 aliphatic rings. The number of ether oxygens (including phenoxy) is 1. The molecule has 0 spiro atoms. The number of rotatable bonds is 5. The lowest BCUT2D eigenvalue weighted by Gasteiger charge is -2.41. The molecular formula is C20H26N2O. The molecule has 1 aliphatic heterocycles. The first kappa shape index (κ1) is 16.2. The van der Waals surface area contributed by atoms with Gasteiger partial charge in [0.1, 0.15) is 0 Å². The van der Waals surface area contributed by atoms with Crippen LogP contribution in [-0.2, 0) is 11.2 Å². The van der Waals surface area contributed by atoms with Crippen molar-refractivity contribution < 1.29 is 4.74 Å². The number of hydrazine groups is 1. The van der Waals surface area contributed by atoms with E-state index < -0.39 is 0 Å². The molecule has 122 valence electrons. The lowest BCUT2D eigenvalue weighted by atomic mass is 10.0. The van der Waals surface area contributed by atoms with Gasteiger partial charge in [-0.3, -0.25) is 5.43 Å². The quantitative estimate of drug-likeness (QED) is 0.913. The van der Waals surface area contributed by atoms with Gasteiger partial charge in [0.25, 0.3) is 0 Å². The van der Waals surface area contributed by atoms with Gasteiger partial charge in [0.05, 0.1) is 18.8 Å². The summed E-state index contributed by atoms with van der Waals surface area (Å²) in [5.41, 5.74) is 6.29. The highest BCUT2D eigenvalue weighted by atomic mass is 16.5. The highest BCUT2D eigenvalue weighted by Crippen LogP contribution is 2.27. The smallest absolute Gasteiger partial charge is 0.0991 e. The SMILES string of the molecule is CC(Cc1ccccc1)NN1CCOC(c2ccccc2)C1C. The fourth-order valence-corrected chi connectivity index (χ4v) is 3.28. The molecule has 1 saturated heterocycles. The number of nitrogens with one attached hydrogen (secondary N) is 1. The first-order valence-corrected chi connectivity index (χ1v) is 8.47. The fourth-order valence-electron chi connectivity index (χ4n) is 3.28. The van der Waals surface area contributed by atoms with Gasteiger partial charge in [-0.05, 0) is 31.4 Å². The van der Waals surface area contributed by atoms with Crippen LogP contribution >= 0.6 is 0 Å². The van der Waals surface area contributed by atoms with E-state index in [9.17, 15) is 0 Å². The Bertz CT molecular complexity index is 587. The third kappa shape index (κ3) is 4.20. The molecule has 2 aromatic rings. The van der Waals surface area contributed by atoms with Gasteiger partial charge in [0, 0.05) is 12.6 Å². The molecule has 0 aliphatic carbocycles. The molecule has 3 heteroatoms. The second-order valence-electron chi connectivity index (χ2n) is 6.36. The Balaban J connectivity index is 1.61. The summed E-state index contributed by atoms with van der Waals surface area (Å²) in [7, 11) is 0. The summed E-state index contributed by atoms with van der Waals surface area (Å²) in [6, 6.07) is 21.9. The van der Waals surface area contributed by atoms with Crippen LogP contribution in [0, 0.1) is 0 Å². The third-order valence-corrected chi connectivity index (χ3v) is 4.46. The zero-order chi connectivity index (χ0) is 16.1. The number of hydrogen-bond acceptors (Lipinski definition) is 3. The van der Waals surface area contributed by atoms with Crippen LogP contribution in [0.15, 0.2) is 60.7 Å². The van der Waals surface area contributed by atoms with Crippen molar-refractivity contribution in [3.63, 3.8) is 0 Å². The summed E-state index contributed by atoms with van der Waals surface area (Å²) in [5.74, 6) is 0. The van der Waals surface area contributed by atoms with Crippen LogP contribution < -0.4 is 5.43 Å². The van der Waals surface area contributed by atoms with Gasteiger partial charge in [-0.15, -0.1) is 0 Å². The number of morpholine rings is 1. The molecule has 2 aromatic carbocycles. The molecule has 1 N–H and O–H groups in total. The minimum Gasteiger partial charge on any atom is -0.370 e. The van der Waals surface area contributed by atoms with E-state index in [0.717, 1.165) is 19.6 Å². The van der Waals surface area contributed by atoms with Crippen molar-refractivity contribution in [3.8, 4) is 0 Å². The maximum Gasteiger partial charge on any atom is 0.0991 e. The van der Waals surface area contributed by atoms with Gasteiger partial charge in [-0.1, -0.05) is 60.7 Å². The van der Waals surface area contributed by atoms with Crippen molar-refractivity contribution in [2.45, 2.75) is 38.5 Å². The summed E-state index contributed by atoms with van der Waals surface area (Å²) >= 11 is 0. The van der Waals surface area contributed by atoms with Crippen LogP contribution in [-0.4, -0.2) is 30.2 Å². The molecule has 0 amide bonds. The van der Waals surface area contributed by atoms with Crippen LogP contribution in [0.5, 0.6) is 0 Å². The number of hydrogen-bond donors (Lipinski definition) is 1. The van der Waals surface area contributed by atoms with Crippen molar-refractivity contribution in [2.24, 2.45) is 0 Å². The van der Waals surface area contributed by atoms with Gasteiger partial charge >= 0.3 is 0 Å². The van der Waals surface area contributed by atoms with Gasteiger partial charge in [-0.2, -0.15) is 0 Å². The Kier molecular flexibility index (Phi) is 5.44. The lowest BCUT2D eigenvalue weighted by molar-refractivity contribution is -0.0913. The average molecular weight is 310 g/mol. The van der Waals surface area contributed by atoms with Crippen molar-refractivity contribution in [2.75, 3.05) is 13.2 Å². The van der Waals surface area contributed by atoms with E-state index in [1.165, 1.54) is 11.1 Å².